The molecule has 772 valence electrons. The van der Waals surface area contributed by atoms with Gasteiger partial charge in [-0.05, 0) is 153 Å². The summed E-state index contributed by atoms with van der Waals surface area (Å²) in [5.74, 6) is -4.64. The maximum absolute atomic E-state index is 14.9. The van der Waals surface area contributed by atoms with E-state index in [4.69, 9.17) is 80.7 Å². The first-order chi connectivity index (χ1) is 68.3. The van der Waals surface area contributed by atoms with Gasteiger partial charge < -0.3 is 101 Å². The second-order valence-electron chi connectivity index (χ2n) is 41.5. The Hall–Kier alpha value is -8.11. The molecule has 12 atom stereocenters. The number of rotatable bonds is 36. The minimum Gasteiger partial charge on any atom is -0.779 e. The van der Waals surface area contributed by atoms with Gasteiger partial charge in [0, 0.05) is 242 Å². The number of likely N-dealkylation sites (tertiary alicyclic amines) is 2. The van der Waals surface area contributed by atoms with Crippen LogP contribution in [0.15, 0.2) is 103 Å². The third-order valence-electron chi connectivity index (χ3n) is 30.4. The van der Waals surface area contributed by atoms with Gasteiger partial charge in [0.2, 0.25) is 82.7 Å². The van der Waals surface area contributed by atoms with Crippen LogP contribution in [-0.4, -0.2) is 218 Å². The van der Waals surface area contributed by atoms with Gasteiger partial charge in [0.05, 0.1) is 49.9 Å². The number of fused-ring (bicyclic) bond motifs is 12. The molecule has 6 saturated carbocycles. The SMILES string of the molecule is CC(NC(=O)C(NC(=O)CCCCCN1C(=O)CC([S-])C1=O)C(C)C)C(=O)Nc1cc2c(c3ccccc13)C(CCl)CN2C(=O)C12CC(C(=O)N3CC(CCl)c4c3cc(OP(C)(=O)O)c3ccccc43)(C1)C2.Cc1c[nH]c2c(OP(C)(=O)O)cc3c(c12)C(CCl)CN3C(=O)C12CC(C(=O)N3CC(CCl)c4c3cc(NC(=O)C(C)NC(=O)C(NC(=O)CCCCCN3C(=O)CC([S-])C3=O)C(C)C)c3ccccc43)(C1)C2.[Y].[Y]. The van der Waals surface area contributed by atoms with Gasteiger partial charge in [0.15, 0.2) is 5.75 Å². The molecule has 2 radical (unpaired) electrons. The van der Waals surface area contributed by atoms with Crippen LogP contribution < -0.4 is 60.5 Å². The zero-order chi connectivity index (χ0) is 103. The number of amides is 14. The number of carbonyl (C=O) groups excluding carboxylic acids is 14. The van der Waals surface area contributed by atoms with E-state index >= 15 is 0 Å². The summed E-state index contributed by atoms with van der Waals surface area (Å²) < 4.78 is 36.1. The van der Waals surface area contributed by atoms with E-state index in [9.17, 15) is 86.0 Å². The molecule has 6 aliphatic carbocycles. The maximum atomic E-state index is 14.9. The van der Waals surface area contributed by atoms with Gasteiger partial charge in [-0.15, -0.1) is 46.4 Å². The molecule has 14 amide bonds. The maximum Gasteiger partial charge on any atom is 0.373 e. The van der Waals surface area contributed by atoms with Crippen molar-refractivity contribution in [3.8, 4) is 11.5 Å². The molecule has 0 spiro atoms. The molecule has 4 bridgehead atoms. The van der Waals surface area contributed by atoms with Gasteiger partial charge in [0.25, 0.3) is 0 Å². The van der Waals surface area contributed by atoms with E-state index < -0.39 is 95.1 Å². The van der Waals surface area contributed by atoms with Crippen molar-refractivity contribution in [2.24, 2.45) is 33.5 Å². The molecule has 12 unspecified atom stereocenters. The smallest absolute Gasteiger partial charge is 0.373 e. The number of nitrogens with one attached hydrogen (secondary N) is 7. The first-order valence-corrected chi connectivity index (χ1v) is 56.1. The van der Waals surface area contributed by atoms with Gasteiger partial charge in [-0.25, -0.2) is 9.13 Å². The van der Waals surface area contributed by atoms with Crippen LogP contribution in [-0.2, 0) is 167 Å². The Labute approximate surface area is 926 Å². The van der Waals surface area contributed by atoms with Gasteiger partial charge in [-0.2, -0.15) is 0 Å². The number of nitrogens with zero attached hydrogens (tertiary/aromatic N) is 6. The minimum absolute atomic E-state index is 0. The van der Waals surface area contributed by atoms with Crippen LogP contribution in [0.2, 0.25) is 0 Å². The number of halogens is 4. The Kier molecular flexibility index (Phi) is 34.0. The van der Waals surface area contributed by atoms with E-state index in [1.807, 2.05) is 79.7 Å². The van der Waals surface area contributed by atoms with Crippen molar-refractivity contribution in [1.82, 2.24) is 36.1 Å². The van der Waals surface area contributed by atoms with Crippen LogP contribution in [0.1, 0.15) is 196 Å². The number of hydrogen-bond acceptors (Lipinski definition) is 20. The summed E-state index contributed by atoms with van der Waals surface area (Å²) in [6.45, 7) is 16.2. The zero-order valence-corrected chi connectivity index (χ0v) is 94.6. The molecule has 2 saturated heterocycles. The number of unbranched alkanes of at least 4 members (excludes halogenated alkanes) is 4. The molecule has 33 nitrogen and oxygen atoms in total. The summed E-state index contributed by atoms with van der Waals surface area (Å²) >= 11 is 36.4. The summed E-state index contributed by atoms with van der Waals surface area (Å²) in [6, 6.07) is 25.4. The van der Waals surface area contributed by atoms with Crippen molar-refractivity contribution in [3.05, 3.63) is 131 Å². The third-order valence-corrected chi connectivity index (χ3v) is 33.7. The Bertz CT molecular complexity index is 6750. The Morgan fingerprint density at radius 2 is 0.760 bits per heavy atom. The first kappa shape index (κ1) is 112. The van der Waals surface area contributed by atoms with Crippen molar-refractivity contribution in [1.29, 1.82) is 0 Å². The number of benzene rings is 7. The monoisotopic (exact) mass is 2300 g/mol. The third kappa shape index (κ3) is 21.4. The van der Waals surface area contributed by atoms with Crippen LogP contribution in [0.3, 0.4) is 0 Å². The topological polar surface area (TPSA) is 439 Å². The van der Waals surface area contributed by atoms with Gasteiger partial charge in [-0.1, -0.05) is 124 Å². The molecular formula is C103H117Cl4N13O20P2S2Y2-2. The second kappa shape index (κ2) is 44.3. The number of alkyl halides is 4. The van der Waals surface area contributed by atoms with Crippen LogP contribution in [0, 0.1) is 40.4 Å². The number of anilines is 6. The molecule has 1 aromatic heterocycles. The van der Waals surface area contributed by atoms with Gasteiger partial charge >= 0.3 is 15.2 Å². The fraction of sp³-hybridized carbons (Fsp3) is 0.495. The van der Waals surface area contributed by atoms with Crippen molar-refractivity contribution in [2.45, 2.75) is 210 Å². The largest absolute Gasteiger partial charge is 0.779 e. The molecule has 8 fully saturated rings. The van der Waals surface area contributed by atoms with E-state index in [-0.39, 0.29) is 234 Å². The summed E-state index contributed by atoms with van der Waals surface area (Å²) in [4.78, 5) is 221. The number of H-pyrrole nitrogens is 1. The number of carbonyl (C=O) groups is 14. The number of aromatic amines is 1. The standard InChI is InChI=1S/C52H59Cl2N6O10PS.C51H60Cl2N7O10PS.2Y/c1-28(2)45(57-41(61)16-6-5-11-17-58-42(62)20-40(72)48(58)65)47(64)55-29(3)46(63)56-36-18-37-43(34-14-9-7-12-32(34)36)30(21-53)23-59(37)49(66)51-25-52(26-51,27-51)50(67)60-24-31(22-54)44-35-15-10-8-13-33(35)39(19-38(44)60)70-71(4,68)69;1-26(2)43(57-38(61)13-7-6-10-14-58-39(62)17-37(72)47(58)65)46(64)55-28(4)45(63)56-33-15-34-41(32-12-9-8-11-31(32)33)29(18-52)21-59(34)48(66)50-23-51(24-50,25-50)49(67)60-22-30(19-53)42-35(60)16-36(70-71(5,68)69)44-40(42)27(3)20-54-44;;/h7-10,12-15,18-19,28-31,40,45,72H,5-6,11,16-17,20-27H2,1-4H3,(H,55,64)(H,56,63)(H,57,61)(H,68,69);8-9,11-12,15-16,20,26,28-30,37,43,54,72H,6-7,10,13-14,17-19,21-25H2,1-5H3,(H,55,64)(H,56,63)(H,57,61)(H,68,69);;/p-2. The molecule has 146 heavy (non-hydrogen) atoms. The quantitative estimate of drug-likeness (QED) is 0.00579. The summed E-state index contributed by atoms with van der Waals surface area (Å²) in [5.41, 5.74) is 5.08. The molecule has 12 aliphatic rings. The Morgan fingerprint density at radius 1 is 0.445 bits per heavy atom. The van der Waals surface area contributed by atoms with E-state index in [1.54, 1.807) is 91.6 Å². The number of aryl methyl sites for hydroxylation is 1. The van der Waals surface area contributed by atoms with E-state index in [1.165, 1.54) is 9.80 Å². The summed E-state index contributed by atoms with van der Waals surface area (Å²) in [6.07, 6.45) is 7.38. The van der Waals surface area contributed by atoms with Crippen LogP contribution in [0.25, 0.3) is 43.2 Å². The first-order valence-electron chi connectivity index (χ1n) is 48.9. The average molecular weight is 2300 g/mol. The fourth-order valence-electron chi connectivity index (χ4n) is 23.5. The van der Waals surface area contributed by atoms with E-state index in [2.05, 4.69) is 36.9 Å². The predicted octanol–water partition coefficient (Wildman–Crippen LogP) is 14.1. The minimum atomic E-state index is -3.97. The second-order valence-corrected chi connectivity index (χ2v) is 47.5. The molecule has 6 aliphatic heterocycles. The molecule has 20 rings (SSSR count). The Balaban J connectivity index is 0.000000216. The van der Waals surface area contributed by atoms with Crippen molar-refractivity contribution in [2.75, 3.05) is 106 Å². The average Bonchev–Trinajstić information content (AvgIpc) is 1.21. The van der Waals surface area contributed by atoms with Crippen molar-refractivity contribution in [3.63, 3.8) is 0 Å². The van der Waals surface area contributed by atoms with E-state index in [0.29, 0.717) is 148 Å². The molecular weight excluding hydrogens is 2180 g/mol. The molecule has 9 N–H and O–H groups in total. The number of hydrogen-bond donors (Lipinski definition) is 9. The predicted molar refractivity (Wildman–Crippen MR) is 556 cm³/mol. The number of aromatic nitrogens is 1. The normalized spacial score (nSPS) is 24.3. The van der Waals surface area contributed by atoms with Crippen molar-refractivity contribution >= 4 is 247 Å². The molecule has 7 heterocycles. The number of imide groups is 2. The van der Waals surface area contributed by atoms with Crippen molar-refractivity contribution < 1.29 is 161 Å². The summed E-state index contributed by atoms with van der Waals surface area (Å²) in [5, 5.41) is 21.0. The Morgan fingerprint density at radius 3 is 1.10 bits per heavy atom. The van der Waals surface area contributed by atoms with Crippen LogP contribution >= 0.6 is 61.6 Å². The molecule has 43 heteroatoms. The van der Waals surface area contributed by atoms with Gasteiger partial charge in [-0.3, -0.25) is 76.9 Å². The van der Waals surface area contributed by atoms with E-state index in [0.717, 1.165) is 73.5 Å². The van der Waals surface area contributed by atoms with Crippen LogP contribution in [0.4, 0.5) is 34.1 Å². The summed E-state index contributed by atoms with van der Waals surface area (Å²) in [7, 11) is -7.93. The molecule has 8 aromatic rings. The van der Waals surface area contributed by atoms with Crippen LogP contribution in [0.5, 0.6) is 11.5 Å². The van der Waals surface area contributed by atoms with Gasteiger partial charge in [0.1, 0.15) is 29.9 Å². The molecule has 7 aromatic carbocycles. The zero-order valence-electron chi connectivity index (χ0n) is 82.4. The fourth-order valence-corrected chi connectivity index (χ4v) is 26.0.